The van der Waals surface area contributed by atoms with E-state index < -0.39 is 9.73 Å². The normalized spacial score (nSPS) is 13.2. The molecule has 1 unspecified atom stereocenters. The molecule has 1 aromatic heterocycles. The Labute approximate surface area is 188 Å². The number of hydrogen-bond donors (Lipinski definition) is 0. The Morgan fingerprint density at radius 2 is 1.52 bits per heavy atom. The van der Waals surface area contributed by atoms with Crippen molar-refractivity contribution in [2.45, 2.75) is 23.6 Å². The van der Waals surface area contributed by atoms with Crippen molar-refractivity contribution in [2.24, 2.45) is 3.77 Å². The van der Waals surface area contributed by atoms with Crippen LogP contribution in [0.25, 0.3) is 17.2 Å². The third-order valence-corrected chi connectivity index (χ3v) is 8.14. The van der Waals surface area contributed by atoms with Crippen molar-refractivity contribution in [3.8, 4) is 11.1 Å². The van der Waals surface area contributed by atoms with Crippen LogP contribution in [-0.4, -0.2) is 4.21 Å². The topological polar surface area (TPSA) is 42.6 Å². The largest absolute Gasteiger partial charge is 0.468 e. The molecule has 3 nitrogen and oxygen atoms in total. The lowest BCUT2D eigenvalue weighted by molar-refractivity contribution is 0.527. The zero-order valence-electron chi connectivity index (χ0n) is 17.4. The number of rotatable bonds is 6. The van der Waals surface area contributed by atoms with Crippen molar-refractivity contribution in [1.29, 1.82) is 0 Å². The van der Waals surface area contributed by atoms with Crippen molar-refractivity contribution >= 4 is 27.8 Å². The third kappa shape index (κ3) is 5.19. The molecule has 0 aliphatic carbocycles. The Morgan fingerprint density at radius 3 is 2.16 bits per heavy atom. The Kier molecular flexibility index (Phi) is 6.44. The van der Waals surface area contributed by atoms with Gasteiger partial charge in [-0.2, -0.15) is 3.77 Å². The van der Waals surface area contributed by atoms with Crippen LogP contribution in [0.4, 0.5) is 0 Å². The highest BCUT2D eigenvalue weighted by Gasteiger charge is 2.11. The van der Waals surface area contributed by atoms with Gasteiger partial charge < -0.3 is 4.42 Å². The molecule has 31 heavy (non-hydrogen) atoms. The van der Waals surface area contributed by atoms with E-state index in [1.165, 1.54) is 17.5 Å². The fourth-order valence-electron chi connectivity index (χ4n) is 3.03. The number of nitrogens with zero attached hydrogens (tertiary/aromatic N) is 1. The van der Waals surface area contributed by atoms with Gasteiger partial charge in [0.1, 0.15) is 15.5 Å². The molecule has 156 valence electrons. The first-order chi connectivity index (χ1) is 15.0. The number of hydrogen-bond acceptors (Lipinski definition) is 4. The van der Waals surface area contributed by atoms with E-state index in [1.54, 1.807) is 11.7 Å². The van der Waals surface area contributed by atoms with Crippen LogP contribution in [0.3, 0.4) is 0 Å². The summed E-state index contributed by atoms with van der Waals surface area (Å²) in [6.07, 6.45) is 3.49. The molecule has 0 amide bonds. The van der Waals surface area contributed by atoms with E-state index in [1.807, 2.05) is 80.6 Å². The summed E-state index contributed by atoms with van der Waals surface area (Å²) >= 11 is 1.20. The highest BCUT2D eigenvalue weighted by molar-refractivity contribution is 8.08. The van der Waals surface area contributed by atoms with Crippen molar-refractivity contribution in [2.75, 3.05) is 0 Å². The first kappa shape index (κ1) is 21.2. The summed E-state index contributed by atoms with van der Waals surface area (Å²) in [5.41, 5.74) is 4.40. The van der Waals surface area contributed by atoms with Gasteiger partial charge in [0.25, 0.3) is 0 Å². The van der Waals surface area contributed by atoms with Crippen molar-refractivity contribution < 1.29 is 8.63 Å². The second-order valence-electron chi connectivity index (χ2n) is 7.18. The Morgan fingerprint density at radius 1 is 0.839 bits per heavy atom. The van der Waals surface area contributed by atoms with Crippen LogP contribution < -0.4 is 0 Å². The molecule has 3 aromatic carbocycles. The van der Waals surface area contributed by atoms with E-state index in [2.05, 4.69) is 28.0 Å². The minimum atomic E-state index is -2.77. The lowest BCUT2D eigenvalue weighted by Crippen LogP contribution is -1.95. The highest BCUT2D eigenvalue weighted by Crippen LogP contribution is 2.29. The van der Waals surface area contributed by atoms with Crippen LogP contribution in [0, 0.1) is 13.8 Å². The lowest BCUT2D eigenvalue weighted by atomic mass is 10.0. The van der Waals surface area contributed by atoms with Gasteiger partial charge in [0.15, 0.2) is 0 Å². The van der Waals surface area contributed by atoms with Gasteiger partial charge in [-0.15, -0.1) is 0 Å². The summed E-state index contributed by atoms with van der Waals surface area (Å²) in [5, 5.41) is 1.71. The summed E-state index contributed by atoms with van der Waals surface area (Å²) in [6, 6.07) is 28.0. The summed E-state index contributed by atoms with van der Waals surface area (Å²) in [4.78, 5) is 1.55. The van der Waals surface area contributed by atoms with E-state index in [0.717, 1.165) is 27.3 Å². The first-order valence-electron chi connectivity index (χ1n) is 9.91. The minimum Gasteiger partial charge on any atom is -0.468 e. The average Bonchev–Trinajstić information content (AvgIpc) is 3.22. The van der Waals surface area contributed by atoms with Crippen LogP contribution in [-0.2, 0) is 9.73 Å². The number of benzene rings is 3. The first-order valence-corrected chi connectivity index (χ1v) is 12.3. The van der Waals surface area contributed by atoms with E-state index in [4.69, 9.17) is 4.42 Å². The van der Waals surface area contributed by atoms with E-state index in [0.29, 0.717) is 4.90 Å². The van der Waals surface area contributed by atoms with Crippen LogP contribution in [0.15, 0.2) is 115 Å². The maximum absolute atomic E-state index is 13.9. The van der Waals surface area contributed by atoms with E-state index >= 15 is 0 Å². The number of aryl methyl sites for hydroxylation is 2. The van der Waals surface area contributed by atoms with Gasteiger partial charge in [0, 0.05) is 17.4 Å². The average molecular weight is 446 g/mol. The maximum atomic E-state index is 13.9. The summed E-state index contributed by atoms with van der Waals surface area (Å²) in [7, 11) is -2.77. The fraction of sp³-hybridized carbons (Fsp3) is 0.0769. The SMILES string of the molecule is Cc1ccc(S(=O)(/C=C/c2ccc(-c3ccccc3)cc2)=NSc2ccoc2C)cc1. The molecule has 0 aliphatic heterocycles. The van der Waals surface area contributed by atoms with Crippen LogP contribution in [0.5, 0.6) is 0 Å². The fourth-order valence-corrected chi connectivity index (χ4v) is 5.66. The van der Waals surface area contributed by atoms with Gasteiger partial charge in [0.2, 0.25) is 0 Å². The molecular weight excluding hydrogens is 422 g/mol. The predicted octanol–water partition coefficient (Wildman–Crippen LogP) is 7.77. The van der Waals surface area contributed by atoms with E-state index in [-0.39, 0.29) is 0 Å². The Balaban J connectivity index is 1.65. The molecule has 4 aromatic rings. The summed E-state index contributed by atoms with van der Waals surface area (Å²) in [6.45, 7) is 3.88. The summed E-state index contributed by atoms with van der Waals surface area (Å²) in [5.74, 6) is 0.764. The van der Waals surface area contributed by atoms with Crippen molar-refractivity contribution in [3.63, 3.8) is 0 Å². The monoisotopic (exact) mass is 445 g/mol. The molecule has 1 atom stereocenters. The van der Waals surface area contributed by atoms with Gasteiger partial charge in [-0.25, -0.2) is 4.21 Å². The standard InChI is InChI=1S/C26H23NO2S2/c1-20-8-14-25(15-9-20)31(28,27-30-26-16-18-29-21(26)2)19-17-22-10-12-24(13-11-22)23-6-4-3-5-7-23/h3-19H,1-2H3/b19-17+. The van der Waals surface area contributed by atoms with Gasteiger partial charge >= 0.3 is 0 Å². The van der Waals surface area contributed by atoms with Gasteiger partial charge in [0.05, 0.1) is 16.1 Å². The Hall–Kier alpha value is -3.02. The van der Waals surface area contributed by atoms with Gasteiger partial charge in [-0.05, 0) is 54.8 Å². The zero-order valence-corrected chi connectivity index (χ0v) is 19.0. The highest BCUT2D eigenvalue weighted by atomic mass is 32.2. The molecule has 0 radical (unpaired) electrons. The van der Waals surface area contributed by atoms with Gasteiger partial charge in [-0.1, -0.05) is 72.3 Å². The molecule has 5 heteroatoms. The third-order valence-electron chi connectivity index (χ3n) is 4.88. The molecule has 4 rings (SSSR count). The molecule has 0 N–H and O–H groups in total. The van der Waals surface area contributed by atoms with Crippen molar-refractivity contribution in [3.05, 3.63) is 113 Å². The second kappa shape index (κ2) is 9.41. The molecule has 0 fully saturated rings. The van der Waals surface area contributed by atoms with E-state index in [9.17, 15) is 4.21 Å². The molecular formula is C26H23NO2S2. The molecule has 0 aliphatic rings. The Bertz CT molecular complexity index is 1300. The number of furan rings is 1. The molecule has 0 spiro atoms. The van der Waals surface area contributed by atoms with Crippen LogP contribution in [0.1, 0.15) is 16.9 Å². The predicted molar refractivity (Wildman–Crippen MR) is 130 cm³/mol. The smallest absolute Gasteiger partial charge is 0.116 e. The lowest BCUT2D eigenvalue weighted by Gasteiger charge is -2.07. The summed E-state index contributed by atoms with van der Waals surface area (Å²) < 4.78 is 23.7. The second-order valence-corrected chi connectivity index (χ2v) is 10.3. The van der Waals surface area contributed by atoms with Crippen LogP contribution in [0.2, 0.25) is 0 Å². The molecule has 1 heterocycles. The quantitative estimate of drug-likeness (QED) is 0.285. The maximum Gasteiger partial charge on any atom is 0.116 e. The molecule has 0 saturated heterocycles. The molecule has 0 bridgehead atoms. The van der Waals surface area contributed by atoms with Crippen LogP contribution >= 0.6 is 11.9 Å². The van der Waals surface area contributed by atoms with Gasteiger partial charge in [-0.3, -0.25) is 0 Å². The minimum absolute atomic E-state index is 0.684. The zero-order chi connectivity index (χ0) is 21.7. The van der Waals surface area contributed by atoms with Crippen molar-refractivity contribution in [1.82, 2.24) is 0 Å². The molecule has 0 saturated carbocycles.